The zero-order valence-corrected chi connectivity index (χ0v) is 15.3. The van der Waals surface area contributed by atoms with E-state index < -0.39 is 0 Å². The summed E-state index contributed by atoms with van der Waals surface area (Å²) in [4.78, 5) is 4.98. The summed E-state index contributed by atoms with van der Waals surface area (Å²) in [5.74, 6) is 0.999. The molecule has 0 unspecified atom stereocenters. The Balaban J connectivity index is 1.92. The van der Waals surface area contributed by atoms with Gasteiger partial charge >= 0.3 is 0 Å². The molecule has 0 amide bonds. The molecular formula is C23H21N3. The predicted octanol–water partition coefficient (Wildman–Crippen LogP) is 5.86. The van der Waals surface area contributed by atoms with Gasteiger partial charge in [-0.05, 0) is 56.2 Å². The molecule has 0 aliphatic carbocycles. The number of benzene rings is 3. The third kappa shape index (κ3) is 2.10. The van der Waals surface area contributed by atoms with Crippen molar-refractivity contribution in [2.45, 2.75) is 26.3 Å². The number of rotatable bonds is 1. The van der Waals surface area contributed by atoms with Gasteiger partial charge in [0, 0.05) is 5.54 Å². The number of aromatic nitrogens is 3. The van der Waals surface area contributed by atoms with Crippen LogP contribution in [0.3, 0.4) is 0 Å². The maximum Gasteiger partial charge on any atom is 0.216 e. The molecular weight excluding hydrogens is 318 g/mol. The first-order valence-electron chi connectivity index (χ1n) is 9.01. The molecule has 0 bridgehead atoms. The molecule has 5 aromatic rings. The summed E-state index contributed by atoms with van der Waals surface area (Å²) in [6.07, 6.45) is 0. The quantitative estimate of drug-likeness (QED) is 0.375. The Hall–Kier alpha value is -3.07. The molecule has 0 aliphatic rings. The molecule has 3 nitrogen and oxygen atoms in total. The topological polar surface area (TPSA) is 22.2 Å². The number of hydrogen-bond donors (Lipinski definition) is 0. The largest absolute Gasteiger partial charge is 0.304 e. The summed E-state index contributed by atoms with van der Waals surface area (Å²) >= 11 is 0. The van der Waals surface area contributed by atoms with Gasteiger partial charge in [-0.15, -0.1) is 0 Å². The van der Waals surface area contributed by atoms with E-state index >= 15 is 0 Å². The van der Waals surface area contributed by atoms with Gasteiger partial charge < -0.3 is 4.57 Å². The number of nitrogens with zero attached hydrogens (tertiary/aromatic N) is 3. The summed E-state index contributed by atoms with van der Waals surface area (Å²) in [7, 11) is 0. The van der Waals surface area contributed by atoms with E-state index in [0.29, 0.717) is 0 Å². The first-order valence-corrected chi connectivity index (χ1v) is 9.01. The summed E-state index contributed by atoms with van der Waals surface area (Å²) in [6, 6.07) is 25.6. The Labute approximate surface area is 152 Å². The molecule has 0 saturated carbocycles. The van der Waals surface area contributed by atoms with Crippen molar-refractivity contribution in [1.82, 2.24) is 14.0 Å². The zero-order chi connectivity index (χ0) is 17.9. The molecule has 0 radical (unpaired) electrons. The zero-order valence-electron chi connectivity index (χ0n) is 15.3. The van der Waals surface area contributed by atoms with E-state index in [1.807, 2.05) is 0 Å². The molecule has 3 heteroatoms. The van der Waals surface area contributed by atoms with E-state index in [9.17, 15) is 0 Å². The van der Waals surface area contributed by atoms with Crippen LogP contribution in [0.25, 0.3) is 39.0 Å². The van der Waals surface area contributed by atoms with E-state index in [1.165, 1.54) is 22.2 Å². The number of fused-ring (bicyclic) bond motifs is 5. The maximum absolute atomic E-state index is 4.98. The Morgan fingerprint density at radius 2 is 1.38 bits per heavy atom. The van der Waals surface area contributed by atoms with Gasteiger partial charge in [-0.2, -0.15) is 0 Å². The molecule has 0 saturated heterocycles. The monoisotopic (exact) mass is 339 g/mol. The Morgan fingerprint density at radius 3 is 2.12 bits per heavy atom. The summed E-state index contributed by atoms with van der Waals surface area (Å²) in [6.45, 7) is 6.69. The summed E-state index contributed by atoms with van der Waals surface area (Å²) in [5.41, 5.74) is 6.99. The minimum absolute atomic E-state index is 0.0476. The van der Waals surface area contributed by atoms with E-state index in [4.69, 9.17) is 4.98 Å². The van der Waals surface area contributed by atoms with Gasteiger partial charge in [-0.3, -0.25) is 4.40 Å². The van der Waals surface area contributed by atoms with Crippen LogP contribution < -0.4 is 0 Å². The van der Waals surface area contributed by atoms with Gasteiger partial charge in [0.25, 0.3) is 0 Å². The van der Waals surface area contributed by atoms with E-state index in [0.717, 1.165) is 16.8 Å². The average Bonchev–Trinajstić information content (AvgIpc) is 3.15. The lowest BCUT2D eigenvalue weighted by Gasteiger charge is -2.22. The van der Waals surface area contributed by atoms with Gasteiger partial charge in [-0.1, -0.05) is 48.5 Å². The highest BCUT2D eigenvalue weighted by Gasteiger charge is 2.23. The van der Waals surface area contributed by atoms with Gasteiger partial charge in [0.05, 0.1) is 22.1 Å². The minimum atomic E-state index is -0.0476. The summed E-state index contributed by atoms with van der Waals surface area (Å²) in [5, 5.41) is 0. The maximum atomic E-state index is 4.98. The highest BCUT2D eigenvalue weighted by molar-refractivity contribution is 5.92. The van der Waals surface area contributed by atoms with Crippen molar-refractivity contribution in [1.29, 1.82) is 0 Å². The Bertz CT molecular complexity index is 1250. The van der Waals surface area contributed by atoms with Gasteiger partial charge in [0.15, 0.2) is 0 Å². The van der Waals surface area contributed by atoms with Gasteiger partial charge in [0.1, 0.15) is 0 Å². The van der Waals surface area contributed by atoms with Crippen LogP contribution >= 0.6 is 0 Å². The lowest BCUT2D eigenvalue weighted by Crippen LogP contribution is -2.21. The second kappa shape index (κ2) is 5.21. The van der Waals surface area contributed by atoms with Crippen LogP contribution in [-0.4, -0.2) is 14.0 Å². The second-order valence-electron chi connectivity index (χ2n) is 7.81. The van der Waals surface area contributed by atoms with Crippen molar-refractivity contribution >= 4 is 27.8 Å². The standard InChI is InChI=1S/C23H21N3/c1-23(2,3)26-20-12-8-7-11-19(20)25-21-15-17(16-9-5-4-6-10-16)13-14-18(21)24-22(25)26/h4-15H,1-3H3. The molecule has 128 valence electrons. The lowest BCUT2D eigenvalue weighted by atomic mass is 10.1. The first-order chi connectivity index (χ1) is 12.5. The smallest absolute Gasteiger partial charge is 0.216 e. The van der Waals surface area contributed by atoms with Crippen molar-refractivity contribution in [2.24, 2.45) is 0 Å². The van der Waals surface area contributed by atoms with Crippen LogP contribution in [0.5, 0.6) is 0 Å². The lowest BCUT2D eigenvalue weighted by molar-refractivity contribution is 0.419. The van der Waals surface area contributed by atoms with E-state index in [2.05, 4.69) is 103 Å². The van der Waals surface area contributed by atoms with Gasteiger partial charge in [-0.25, -0.2) is 4.98 Å². The second-order valence-corrected chi connectivity index (χ2v) is 7.81. The normalized spacial score (nSPS) is 12.4. The molecule has 0 N–H and O–H groups in total. The first kappa shape index (κ1) is 15.2. The fourth-order valence-corrected chi connectivity index (χ4v) is 3.87. The van der Waals surface area contributed by atoms with Crippen molar-refractivity contribution in [3.8, 4) is 11.1 Å². The molecule has 2 heterocycles. The molecule has 0 spiro atoms. The molecule has 3 aromatic carbocycles. The predicted molar refractivity (Wildman–Crippen MR) is 109 cm³/mol. The summed E-state index contributed by atoms with van der Waals surface area (Å²) < 4.78 is 4.63. The third-order valence-corrected chi connectivity index (χ3v) is 4.98. The molecule has 0 aliphatic heterocycles. The van der Waals surface area contributed by atoms with Crippen LogP contribution in [0, 0.1) is 0 Å². The third-order valence-electron chi connectivity index (χ3n) is 4.98. The van der Waals surface area contributed by atoms with Gasteiger partial charge in [0.2, 0.25) is 5.78 Å². The Kier molecular flexibility index (Phi) is 3.05. The Morgan fingerprint density at radius 1 is 0.692 bits per heavy atom. The SMILES string of the molecule is CC(C)(C)n1c2ccccc2n2c3cc(-c4ccccc4)ccc3nc12. The molecule has 5 rings (SSSR count). The van der Waals surface area contributed by atoms with E-state index in [1.54, 1.807) is 0 Å². The van der Waals surface area contributed by atoms with Crippen molar-refractivity contribution in [2.75, 3.05) is 0 Å². The molecule has 2 aromatic heterocycles. The van der Waals surface area contributed by atoms with Crippen LogP contribution in [0.2, 0.25) is 0 Å². The number of imidazole rings is 2. The van der Waals surface area contributed by atoms with Crippen LogP contribution in [0.4, 0.5) is 0 Å². The van der Waals surface area contributed by atoms with Crippen LogP contribution in [0.15, 0.2) is 72.8 Å². The molecule has 26 heavy (non-hydrogen) atoms. The van der Waals surface area contributed by atoms with E-state index in [-0.39, 0.29) is 5.54 Å². The fraction of sp³-hybridized carbons (Fsp3) is 0.174. The minimum Gasteiger partial charge on any atom is -0.304 e. The number of para-hydroxylation sites is 2. The molecule has 0 atom stereocenters. The van der Waals surface area contributed by atoms with Crippen LogP contribution in [-0.2, 0) is 5.54 Å². The van der Waals surface area contributed by atoms with Crippen LogP contribution in [0.1, 0.15) is 20.8 Å². The highest BCUT2D eigenvalue weighted by Crippen LogP contribution is 2.32. The van der Waals surface area contributed by atoms with Crippen molar-refractivity contribution in [3.05, 3.63) is 72.8 Å². The average molecular weight is 339 g/mol. The fourth-order valence-electron chi connectivity index (χ4n) is 3.87. The van der Waals surface area contributed by atoms with Crippen molar-refractivity contribution in [3.63, 3.8) is 0 Å². The highest BCUT2D eigenvalue weighted by atomic mass is 15.2. The van der Waals surface area contributed by atoms with Crippen molar-refractivity contribution < 1.29 is 0 Å². The number of hydrogen-bond acceptors (Lipinski definition) is 1. The molecule has 0 fully saturated rings.